The van der Waals surface area contributed by atoms with Gasteiger partial charge in [0.15, 0.2) is 0 Å². The largest absolute Gasteiger partial charge is 0.478 e. The molecule has 1 aromatic carbocycles. The summed E-state index contributed by atoms with van der Waals surface area (Å²) in [6.45, 7) is 2.51. The number of hydrogen-bond donors (Lipinski definition) is 2. The number of benzene rings is 1. The van der Waals surface area contributed by atoms with Crippen molar-refractivity contribution in [2.24, 2.45) is 0 Å². The Morgan fingerprint density at radius 1 is 1.47 bits per heavy atom. The van der Waals surface area contributed by atoms with Gasteiger partial charge in [0, 0.05) is 22.8 Å². The lowest BCUT2D eigenvalue weighted by atomic mass is 10.1. The second kappa shape index (κ2) is 5.95. The fourth-order valence-electron chi connectivity index (χ4n) is 1.73. The third-order valence-electron chi connectivity index (χ3n) is 2.83. The first-order valence-electron chi connectivity index (χ1n) is 5.86. The van der Waals surface area contributed by atoms with Crippen molar-refractivity contribution >= 4 is 17.3 Å². The molecule has 1 atom stereocenters. The molecule has 2 N–H and O–H groups in total. The van der Waals surface area contributed by atoms with Gasteiger partial charge in [-0.25, -0.2) is 9.18 Å². The number of carboxylic acids is 1. The zero-order valence-corrected chi connectivity index (χ0v) is 11.2. The summed E-state index contributed by atoms with van der Waals surface area (Å²) in [6, 6.07) is 8.10. The first kappa shape index (κ1) is 13.7. The Morgan fingerprint density at radius 2 is 2.26 bits per heavy atom. The Kier molecular flexibility index (Phi) is 4.29. The van der Waals surface area contributed by atoms with Gasteiger partial charge in [-0.15, -0.1) is 11.3 Å². The molecule has 2 aromatic rings. The average Bonchev–Trinajstić information content (AvgIpc) is 2.85. The van der Waals surface area contributed by atoms with Crippen LogP contribution in [0.25, 0.3) is 0 Å². The summed E-state index contributed by atoms with van der Waals surface area (Å²) in [5.41, 5.74) is 1.18. The van der Waals surface area contributed by atoms with E-state index in [0.717, 1.165) is 10.4 Å². The molecule has 1 heterocycles. The number of carboxylic acid groups (broad SMARTS) is 1. The van der Waals surface area contributed by atoms with E-state index in [1.165, 1.54) is 23.5 Å². The predicted molar refractivity (Wildman–Crippen MR) is 72.9 cm³/mol. The Bertz CT molecular complexity index is 582. The standard InChI is InChI=1S/C14H14FNO2S/c1-9(10-3-2-4-12(15)5-10)16-7-13-6-11(8-19-13)14(17)18/h2-6,8-9,16H,7H2,1H3,(H,17,18). The Labute approximate surface area is 114 Å². The summed E-state index contributed by atoms with van der Waals surface area (Å²) in [5, 5.41) is 13.7. The quantitative estimate of drug-likeness (QED) is 0.881. The van der Waals surface area contributed by atoms with Crippen molar-refractivity contribution in [1.82, 2.24) is 5.32 Å². The number of halogens is 1. The minimum absolute atomic E-state index is 0.00563. The van der Waals surface area contributed by atoms with Gasteiger partial charge in [0.2, 0.25) is 0 Å². The van der Waals surface area contributed by atoms with Crippen LogP contribution >= 0.6 is 11.3 Å². The number of rotatable bonds is 5. The van der Waals surface area contributed by atoms with Crippen LogP contribution in [-0.2, 0) is 6.54 Å². The van der Waals surface area contributed by atoms with E-state index in [1.807, 2.05) is 13.0 Å². The maximum absolute atomic E-state index is 13.1. The molecule has 2 rings (SSSR count). The van der Waals surface area contributed by atoms with Gasteiger partial charge >= 0.3 is 5.97 Å². The van der Waals surface area contributed by atoms with Crippen LogP contribution in [0.3, 0.4) is 0 Å². The van der Waals surface area contributed by atoms with E-state index in [4.69, 9.17) is 5.11 Å². The van der Waals surface area contributed by atoms with Crippen molar-refractivity contribution < 1.29 is 14.3 Å². The van der Waals surface area contributed by atoms with E-state index in [1.54, 1.807) is 17.5 Å². The summed E-state index contributed by atoms with van der Waals surface area (Å²) >= 11 is 1.40. The van der Waals surface area contributed by atoms with E-state index in [0.29, 0.717) is 12.1 Å². The first-order valence-corrected chi connectivity index (χ1v) is 6.74. The van der Waals surface area contributed by atoms with Crippen LogP contribution in [-0.4, -0.2) is 11.1 Å². The number of nitrogens with one attached hydrogen (secondary N) is 1. The highest BCUT2D eigenvalue weighted by Crippen LogP contribution is 2.18. The lowest BCUT2D eigenvalue weighted by Crippen LogP contribution is -2.17. The van der Waals surface area contributed by atoms with Crippen molar-refractivity contribution in [2.75, 3.05) is 0 Å². The molecular formula is C14H14FNO2S. The minimum Gasteiger partial charge on any atom is -0.478 e. The molecule has 0 aliphatic carbocycles. The van der Waals surface area contributed by atoms with Crippen LogP contribution in [0, 0.1) is 5.82 Å². The number of aromatic carboxylic acids is 1. The topological polar surface area (TPSA) is 49.3 Å². The summed E-state index contributed by atoms with van der Waals surface area (Å²) in [6.07, 6.45) is 0. The molecule has 1 aromatic heterocycles. The maximum Gasteiger partial charge on any atom is 0.336 e. The molecule has 0 saturated heterocycles. The molecule has 19 heavy (non-hydrogen) atoms. The van der Waals surface area contributed by atoms with Crippen molar-refractivity contribution in [1.29, 1.82) is 0 Å². The normalized spacial score (nSPS) is 12.3. The molecule has 0 radical (unpaired) electrons. The van der Waals surface area contributed by atoms with E-state index in [-0.39, 0.29) is 11.9 Å². The first-order chi connectivity index (χ1) is 9.06. The van der Waals surface area contributed by atoms with E-state index < -0.39 is 5.97 Å². The van der Waals surface area contributed by atoms with Gasteiger partial charge in [-0.3, -0.25) is 0 Å². The van der Waals surface area contributed by atoms with Gasteiger partial charge in [0.05, 0.1) is 5.56 Å². The molecule has 0 fully saturated rings. The summed E-state index contributed by atoms with van der Waals surface area (Å²) in [5.74, 6) is -1.17. The molecular weight excluding hydrogens is 265 g/mol. The summed E-state index contributed by atoms with van der Waals surface area (Å²) < 4.78 is 13.1. The fourth-order valence-corrected chi connectivity index (χ4v) is 2.54. The smallest absolute Gasteiger partial charge is 0.336 e. The third-order valence-corrected chi connectivity index (χ3v) is 3.77. The Balaban J connectivity index is 1.96. The second-order valence-corrected chi connectivity index (χ2v) is 5.26. The molecule has 0 aliphatic heterocycles. The fraction of sp³-hybridized carbons (Fsp3) is 0.214. The van der Waals surface area contributed by atoms with Crippen LogP contribution in [0.1, 0.15) is 33.8 Å². The molecule has 0 amide bonds. The number of thiophene rings is 1. The molecule has 0 aliphatic rings. The van der Waals surface area contributed by atoms with Gasteiger partial charge in [0.1, 0.15) is 5.82 Å². The highest BCUT2D eigenvalue weighted by Gasteiger charge is 2.09. The molecule has 0 saturated carbocycles. The van der Waals surface area contributed by atoms with Crippen molar-refractivity contribution in [3.05, 3.63) is 57.5 Å². The molecule has 1 unspecified atom stereocenters. The lowest BCUT2D eigenvalue weighted by molar-refractivity contribution is 0.0697. The average molecular weight is 279 g/mol. The molecule has 3 nitrogen and oxygen atoms in total. The molecule has 0 bridgehead atoms. The summed E-state index contributed by atoms with van der Waals surface area (Å²) in [7, 11) is 0. The SMILES string of the molecule is CC(NCc1cc(C(=O)O)cs1)c1cccc(F)c1. The van der Waals surface area contributed by atoms with Crippen molar-refractivity contribution in [3.63, 3.8) is 0 Å². The monoisotopic (exact) mass is 279 g/mol. The van der Waals surface area contributed by atoms with E-state index >= 15 is 0 Å². The van der Waals surface area contributed by atoms with Crippen molar-refractivity contribution in [2.45, 2.75) is 19.5 Å². The van der Waals surface area contributed by atoms with Crippen LogP contribution in [0.4, 0.5) is 4.39 Å². The van der Waals surface area contributed by atoms with Crippen LogP contribution in [0.5, 0.6) is 0 Å². The second-order valence-electron chi connectivity index (χ2n) is 4.26. The van der Waals surface area contributed by atoms with Gasteiger partial charge in [-0.05, 0) is 30.7 Å². The van der Waals surface area contributed by atoms with Crippen LogP contribution < -0.4 is 5.32 Å². The Hall–Kier alpha value is -1.72. The van der Waals surface area contributed by atoms with E-state index in [9.17, 15) is 9.18 Å². The summed E-state index contributed by atoms with van der Waals surface area (Å²) in [4.78, 5) is 11.7. The van der Waals surface area contributed by atoms with Crippen LogP contribution in [0.15, 0.2) is 35.7 Å². The maximum atomic E-state index is 13.1. The lowest BCUT2D eigenvalue weighted by Gasteiger charge is -2.13. The zero-order valence-electron chi connectivity index (χ0n) is 10.4. The minimum atomic E-state index is -0.916. The number of carbonyl (C=O) groups is 1. The molecule has 100 valence electrons. The molecule has 5 heteroatoms. The van der Waals surface area contributed by atoms with Gasteiger partial charge in [-0.1, -0.05) is 12.1 Å². The predicted octanol–water partition coefficient (Wildman–Crippen LogP) is 3.44. The van der Waals surface area contributed by atoms with Crippen molar-refractivity contribution in [3.8, 4) is 0 Å². The van der Waals surface area contributed by atoms with Gasteiger partial charge in [0.25, 0.3) is 0 Å². The molecule has 0 spiro atoms. The Morgan fingerprint density at radius 3 is 2.89 bits per heavy atom. The highest BCUT2D eigenvalue weighted by molar-refractivity contribution is 7.10. The third kappa shape index (κ3) is 3.62. The number of hydrogen-bond acceptors (Lipinski definition) is 3. The van der Waals surface area contributed by atoms with E-state index in [2.05, 4.69) is 5.32 Å². The zero-order chi connectivity index (χ0) is 13.8. The van der Waals surface area contributed by atoms with Gasteiger partial charge in [-0.2, -0.15) is 0 Å². The van der Waals surface area contributed by atoms with Crippen LogP contribution in [0.2, 0.25) is 0 Å². The van der Waals surface area contributed by atoms with Gasteiger partial charge < -0.3 is 10.4 Å². The highest BCUT2D eigenvalue weighted by atomic mass is 32.1.